The van der Waals surface area contributed by atoms with E-state index in [1.54, 1.807) is 6.92 Å². The summed E-state index contributed by atoms with van der Waals surface area (Å²) < 4.78 is 0. The fraction of sp³-hybridized carbons (Fsp3) is 0.583. The molecule has 0 aliphatic carbocycles. The van der Waals surface area contributed by atoms with Gasteiger partial charge in [0.25, 0.3) is 0 Å². The first kappa shape index (κ1) is 11.8. The predicted molar refractivity (Wildman–Crippen MR) is 64.4 cm³/mol. The molecule has 1 N–H and O–H groups in total. The molecule has 5 heteroatoms. The first-order valence-electron chi connectivity index (χ1n) is 5.97. The highest BCUT2D eigenvalue weighted by Gasteiger charge is 2.25. The molecule has 1 aliphatic rings. The van der Waals surface area contributed by atoms with Crippen LogP contribution in [-0.2, 0) is 0 Å². The summed E-state index contributed by atoms with van der Waals surface area (Å²) >= 11 is 0. The number of aromatic nitrogens is 2. The summed E-state index contributed by atoms with van der Waals surface area (Å²) in [6.07, 6.45) is 4.80. The van der Waals surface area contributed by atoms with Crippen LogP contribution in [0.1, 0.15) is 42.2 Å². The number of hydrogen-bond acceptors (Lipinski definition) is 4. The zero-order valence-electron chi connectivity index (χ0n) is 10.2. The SMILES string of the molecule is CCC1CCCN1c1ncc(C(=O)O)c(C)n1. The van der Waals surface area contributed by atoms with Gasteiger partial charge in [-0.15, -0.1) is 0 Å². The Bertz CT molecular complexity index is 434. The van der Waals surface area contributed by atoms with Gasteiger partial charge in [-0.2, -0.15) is 0 Å². The molecule has 92 valence electrons. The smallest absolute Gasteiger partial charge is 0.339 e. The zero-order valence-corrected chi connectivity index (χ0v) is 10.2. The molecule has 0 amide bonds. The van der Waals surface area contributed by atoms with Crippen molar-refractivity contribution in [3.8, 4) is 0 Å². The van der Waals surface area contributed by atoms with Crippen molar-refractivity contribution < 1.29 is 9.90 Å². The second-order valence-electron chi connectivity index (χ2n) is 4.37. The van der Waals surface area contributed by atoms with E-state index in [1.807, 2.05) is 0 Å². The molecule has 0 spiro atoms. The summed E-state index contributed by atoms with van der Waals surface area (Å²) in [5.41, 5.74) is 0.713. The zero-order chi connectivity index (χ0) is 12.4. The Morgan fingerprint density at radius 1 is 1.65 bits per heavy atom. The van der Waals surface area contributed by atoms with Crippen molar-refractivity contribution in [1.82, 2.24) is 9.97 Å². The second kappa shape index (κ2) is 4.69. The van der Waals surface area contributed by atoms with Crippen molar-refractivity contribution in [3.05, 3.63) is 17.5 Å². The van der Waals surface area contributed by atoms with Gasteiger partial charge in [0.05, 0.1) is 11.3 Å². The fourth-order valence-electron chi connectivity index (χ4n) is 2.33. The van der Waals surface area contributed by atoms with Crippen LogP contribution in [0.2, 0.25) is 0 Å². The molecule has 0 bridgehead atoms. The van der Waals surface area contributed by atoms with E-state index in [9.17, 15) is 4.79 Å². The highest BCUT2D eigenvalue weighted by atomic mass is 16.4. The molecular formula is C12H17N3O2. The minimum Gasteiger partial charge on any atom is -0.478 e. The van der Waals surface area contributed by atoms with Crippen molar-refractivity contribution in [1.29, 1.82) is 0 Å². The first-order valence-corrected chi connectivity index (χ1v) is 5.97. The topological polar surface area (TPSA) is 66.3 Å². The van der Waals surface area contributed by atoms with Crippen molar-refractivity contribution in [2.24, 2.45) is 0 Å². The Morgan fingerprint density at radius 2 is 2.41 bits per heavy atom. The Balaban J connectivity index is 2.28. The van der Waals surface area contributed by atoms with Gasteiger partial charge in [-0.25, -0.2) is 14.8 Å². The first-order chi connectivity index (χ1) is 8.13. The van der Waals surface area contributed by atoms with Crippen LogP contribution in [-0.4, -0.2) is 33.6 Å². The maximum Gasteiger partial charge on any atom is 0.339 e. The van der Waals surface area contributed by atoms with Crippen molar-refractivity contribution in [3.63, 3.8) is 0 Å². The van der Waals surface area contributed by atoms with Crippen LogP contribution in [0.5, 0.6) is 0 Å². The molecule has 0 aromatic carbocycles. The van der Waals surface area contributed by atoms with E-state index < -0.39 is 5.97 Å². The molecule has 1 aliphatic heterocycles. The molecule has 1 aromatic heterocycles. The lowest BCUT2D eigenvalue weighted by Gasteiger charge is -2.23. The van der Waals surface area contributed by atoms with Gasteiger partial charge < -0.3 is 10.0 Å². The molecule has 2 rings (SSSR count). The molecule has 1 aromatic rings. The summed E-state index contributed by atoms with van der Waals surface area (Å²) in [6.45, 7) is 4.83. The molecule has 2 heterocycles. The van der Waals surface area contributed by atoms with E-state index in [0.717, 1.165) is 19.4 Å². The van der Waals surface area contributed by atoms with E-state index in [4.69, 9.17) is 5.11 Å². The number of anilines is 1. The number of nitrogens with zero attached hydrogens (tertiary/aromatic N) is 3. The van der Waals surface area contributed by atoms with Crippen molar-refractivity contribution >= 4 is 11.9 Å². The van der Waals surface area contributed by atoms with Crippen LogP contribution in [0.4, 0.5) is 5.95 Å². The van der Waals surface area contributed by atoms with Crippen LogP contribution < -0.4 is 4.90 Å². The maximum absolute atomic E-state index is 10.9. The number of hydrogen-bond donors (Lipinski definition) is 1. The van der Waals surface area contributed by atoms with Gasteiger partial charge in [-0.3, -0.25) is 0 Å². The molecular weight excluding hydrogens is 218 g/mol. The minimum absolute atomic E-state index is 0.181. The summed E-state index contributed by atoms with van der Waals surface area (Å²) in [5, 5.41) is 8.93. The molecule has 17 heavy (non-hydrogen) atoms. The van der Waals surface area contributed by atoms with Gasteiger partial charge in [-0.1, -0.05) is 6.92 Å². The van der Waals surface area contributed by atoms with Crippen LogP contribution >= 0.6 is 0 Å². The van der Waals surface area contributed by atoms with Gasteiger partial charge in [0.1, 0.15) is 0 Å². The van der Waals surface area contributed by atoms with Crippen LogP contribution in [0.3, 0.4) is 0 Å². The quantitative estimate of drug-likeness (QED) is 0.866. The fourth-order valence-corrected chi connectivity index (χ4v) is 2.33. The molecule has 0 saturated carbocycles. The predicted octanol–water partition coefficient (Wildman–Crippen LogP) is 1.86. The average Bonchev–Trinajstić information content (AvgIpc) is 2.76. The van der Waals surface area contributed by atoms with E-state index >= 15 is 0 Å². The normalized spacial score (nSPS) is 19.6. The van der Waals surface area contributed by atoms with Crippen LogP contribution in [0, 0.1) is 6.92 Å². The third kappa shape index (κ3) is 2.23. The molecule has 0 radical (unpaired) electrons. The standard InChI is InChI=1S/C12H17N3O2/c1-3-9-5-4-6-15(9)12-13-7-10(11(16)17)8(2)14-12/h7,9H,3-6H2,1-2H3,(H,16,17). The Hall–Kier alpha value is -1.65. The van der Waals surface area contributed by atoms with Gasteiger partial charge in [-0.05, 0) is 26.2 Å². The van der Waals surface area contributed by atoms with Gasteiger partial charge in [0.2, 0.25) is 5.95 Å². The van der Waals surface area contributed by atoms with E-state index in [1.165, 1.54) is 12.6 Å². The van der Waals surface area contributed by atoms with E-state index in [0.29, 0.717) is 17.7 Å². The molecule has 1 fully saturated rings. The van der Waals surface area contributed by atoms with E-state index in [-0.39, 0.29) is 5.56 Å². The maximum atomic E-state index is 10.9. The lowest BCUT2D eigenvalue weighted by molar-refractivity contribution is 0.0695. The van der Waals surface area contributed by atoms with Gasteiger partial charge in [0, 0.05) is 18.8 Å². The van der Waals surface area contributed by atoms with Crippen molar-refractivity contribution in [2.75, 3.05) is 11.4 Å². The lowest BCUT2D eigenvalue weighted by Crippen LogP contribution is -2.30. The third-order valence-corrected chi connectivity index (χ3v) is 3.30. The summed E-state index contributed by atoms with van der Waals surface area (Å²) in [7, 11) is 0. The minimum atomic E-state index is -0.970. The number of carboxylic acid groups (broad SMARTS) is 1. The van der Waals surface area contributed by atoms with Crippen LogP contribution in [0.25, 0.3) is 0 Å². The summed E-state index contributed by atoms with van der Waals surface area (Å²) in [5.74, 6) is -0.306. The van der Waals surface area contributed by atoms with Crippen LogP contribution in [0.15, 0.2) is 6.20 Å². The monoisotopic (exact) mass is 235 g/mol. The summed E-state index contributed by atoms with van der Waals surface area (Å²) in [4.78, 5) is 21.5. The highest BCUT2D eigenvalue weighted by Crippen LogP contribution is 2.24. The molecule has 1 unspecified atom stereocenters. The second-order valence-corrected chi connectivity index (χ2v) is 4.37. The third-order valence-electron chi connectivity index (χ3n) is 3.30. The molecule has 5 nitrogen and oxygen atoms in total. The average molecular weight is 235 g/mol. The molecule has 1 saturated heterocycles. The summed E-state index contributed by atoms with van der Waals surface area (Å²) in [6, 6.07) is 0.491. The number of carboxylic acids is 1. The highest BCUT2D eigenvalue weighted by molar-refractivity contribution is 5.88. The Kier molecular flexibility index (Phi) is 3.26. The van der Waals surface area contributed by atoms with E-state index in [2.05, 4.69) is 21.8 Å². The number of carbonyl (C=O) groups is 1. The van der Waals surface area contributed by atoms with Crippen molar-refractivity contribution in [2.45, 2.75) is 39.2 Å². The number of rotatable bonds is 3. The number of aryl methyl sites for hydroxylation is 1. The Labute approximate surface area is 100 Å². The largest absolute Gasteiger partial charge is 0.478 e. The lowest BCUT2D eigenvalue weighted by atomic mass is 10.2. The number of aromatic carboxylic acids is 1. The molecule has 1 atom stereocenters. The van der Waals surface area contributed by atoms with Gasteiger partial charge in [0.15, 0.2) is 0 Å². The Morgan fingerprint density at radius 3 is 3.00 bits per heavy atom. The van der Waals surface area contributed by atoms with Gasteiger partial charge >= 0.3 is 5.97 Å².